The second-order valence-electron chi connectivity index (χ2n) is 5.87. The predicted octanol–water partition coefficient (Wildman–Crippen LogP) is 3.86. The first-order chi connectivity index (χ1) is 12.2. The van der Waals surface area contributed by atoms with E-state index in [-0.39, 0.29) is 17.6 Å². The molecule has 1 amide bonds. The van der Waals surface area contributed by atoms with E-state index in [4.69, 9.17) is 0 Å². The van der Waals surface area contributed by atoms with E-state index in [1.54, 1.807) is 24.5 Å². The van der Waals surface area contributed by atoms with Crippen molar-refractivity contribution in [2.45, 2.75) is 18.9 Å². The number of benzene rings is 2. The summed E-state index contributed by atoms with van der Waals surface area (Å²) in [6.07, 6.45) is 4.06. The molecule has 126 valence electrons. The van der Waals surface area contributed by atoms with Crippen LogP contribution in [0.25, 0.3) is 0 Å². The Kier molecular flexibility index (Phi) is 5.52. The number of nitrogens with one attached hydrogen (secondary N) is 1. The number of rotatable bonds is 6. The van der Waals surface area contributed by atoms with Crippen molar-refractivity contribution < 1.29 is 9.18 Å². The first-order valence-electron chi connectivity index (χ1n) is 8.18. The largest absolute Gasteiger partial charge is 0.351 e. The fourth-order valence-electron chi connectivity index (χ4n) is 2.72. The molecular weight excluding hydrogens is 315 g/mol. The van der Waals surface area contributed by atoms with Crippen LogP contribution in [-0.2, 0) is 17.8 Å². The number of nitrogens with zero attached hydrogens (tertiary/aromatic N) is 1. The van der Waals surface area contributed by atoms with Gasteiger partial charge >= 0.3 is 0 Å². The van der Waals surface area contributed by atoms with E-state index < -0.39 is 0 Å². The van der Waals surface area contributed by atoms with Crippen molar-refractivity contribution in [2.75, 3.05) is 0 Å². The van der Waals surface area contributed by atoms with E-state index in [1.807, 2.05) is 42.5 Å². The molecule has 4 heteroatoms. The average molecular weight is 334 g/mol. The van der Waals surface area contributed by atoms with Gasteiger partial charge in [-0.3, -0.25) is 9.78 Å². The van der Waals surface area contributed by atoms with E-state index in [9.17, 15) is 9.18 Å². The highest BCUT2D eigenvalue weighted by atomic mass is 19.1. The molecule has 0 spiro atoms. The summed E-state index contributed by atoms with van der Waals surface area (Å²) in [6, 6.07) is 19.7. The van der Waals surface area contributed by atoms with Crippen LogP contribution in [0.15, 0.2) is 79.1 Å². The standard InChI is InChI=1S/C21H19FN2O/c22-19-8-6-17(7-9-19)15-24-21(25)20(18-4-2-1-3-5-18)14-16-10-12-23-13-11-16/h1-13,20H,14-15H2,(H,24,25). The predicted molar refractivity (Wildman–Crippen MR) is 95.4 cm³/mol. The van der Waals surface area contributed by atoms with Gasteiger partial charge in [0, 0.05) is 18.9 Å². The first-order valence-corrected chi connectivity index (χ1v) is 8.18. The molecule has 2 aromatic carbocycles. The fourth-order valence-corrected chi connectivity index (χ4v) is 2.72. The monoisotopic (exact) mass is 334 g/mol. The number of pyridine rings is 1. The van der Waals surface area contributed by atoms with Crippen LogP contribution in [0.2, 0.25) is 0 Å². The summed E-state index contributed by atoms with van der Waals surface area (Å²) in [6.45, 7) is 0.374. The number of carbonyl (C=O) groups is 1. The molecule has 1 heterocycles. The van der Waals surface area contributed by atoms with Crippen molar-refractivity contribution in [1.82, 2.24) is 10.3 Å². The molecule has 1 atom stereocenters. The lowest BCUT2D eigenvalue weighted by Crippen LogP contribution is -2.30. The summed E-state index contributed by atoms with van der Waals surface area (Å²) in [7, 11) is 0. The van der Waals surface area contributed by atoms with Gasteiger partial charge in [0.2, 0.25) is 5.91 Å². The van der Waals surface area contributed by atoms with Crippen molar-refractivity contribution in [3.05, 3.63) is 102 Å². The summed E-state index contributed by atoms with van der Waals surface area (Å²) in [4.78, 5) is 16.8. The molecular formula is C21H19FN2O. The molecule has 3 rings (SSSR count). The Hall–Kier alpha value is -3.01. The van der Waals surface area contributed by atoms with E-state index >= 15 is 0 Å². The lowest BCUT2D eigenvalue weighted by Gasteiger charge is -2.17. The SMILES string of the molecule is O=C(NCc1ccc(F)cc1)C(Cc1ccncc1)c1ccccc1. The highest BCUT2D eigenvalue weighted by Crippen LogP contribution is 2.21. The Morgan fingerprint density at radius 2 is 1.60 bits per heavy atom. The van der Waals surface area contributed by atoms with Crippen molar-refractivity contribution in [3.8, 4) is 0 Å². The van der Waals surface area contributed by atoms with Crippen LogP contribution in [0.4, 0.5) is 4.39 Å². The molecule has 0 aliphatic heterocycles. The number of hydrogen-bond acceptors (Lipinski definition) is 2. The Labute approximate surface area is 146 Å². The molecule has 0 bridgehead atoms. The van der Waals surface area contributed by atoms with Gasteiger partial charge in [-0.05, 0) is 47.4 Å². The zero-order chi connectivity index (χ0) is 17.5. The summed E-state index contributed by atoms with van der Waals surface area (Å²) in [5.41, 5.74) is 2.89. The second-order valence-corrected chi connectivity index (χ2v) is 5.87. The maximum absolute atomic E-state index is 13.0. The summed E-state index contributed by atoms with van der Waals surface area (Å²) in [5, 5.41) is 2.96. The first kappa shape index (κ1) is 16.8. The van der Waals surface area contributed by atoms with Gasteiger partial charge in [-0.15, -0.1) is 0 Å². The maximum atomic E-state index is 13.0. The van der Waals surface area contributed by atoms with Gasteiger partial charge < -0.3 is 5.32 Å². The van der Waals surface area contributed by atoms with E-state index in [2.05, 4.69) is 10.3 Å². The van der Waals surface area contributed by atoms with Gasteiger partial charge in [0.15, 0.2) is 0 Å². The lowest BCUT2D eigenvalue weighted by molar-refractivity contribution is -0.122. The Balaban J connectivity index is 1.74. The van der Waals surface area contributed by atoms with Crippen LogP contribution in [-0.4, -0.2) is 10.9 Å². The highest BCUT2D eigenvalue weighted by molar-refractivity contribution is 5.84. The van der Waals surface area contributed by atoms with Crippen molar-refractivity contribution in [2.24, 2.45) is 0 Å². The lowest BCUT2D eigenvalue weighted by atomic mass is 9.91. The van der Waals surface area contributed by atoms with Crippen LogP contribution in [0, 0.1) is 5.82 Å². The summed E-state index contributed by atoms with van der Waals surface area (Å²) in [5.74, 6) is -0.619. The van der Waals surface area contributed by atoms with Crippen LogP contribution < -0.4 is 5.32 Å². The van der Waals surface area contributed by atoms with Crippen molar-refractivity contribution in [3.63, 3.8) is 0 Å². The quantitative estimate of drug-likeness (QED) is 0.744. The molecule has 1 unspecified atom stereocenters. The topological polar surface area (TPSA) is 42.0 Å². The van der Waals surface area contributed by atoms with E-state index in [1.165, 1.54) is 12.1 Å². The van der Waals surface area contributed by atoms with Crippen LogP contribution in [0.3, 0.4) is 0 Å². The third-order valence-electron chi connectivity index (χ3n) is 4.09. The van der Waals surface area contributed by atoms with Gasteiger partial charge in [0.1, 0.15) is 5.82 Å². The smallest absolute Gasteiger partial charge is 0.228 e. The number of halogens is 1. The molecule has 0 radical (unpaired) electrons. The van der Waals surface area contributed by atoms with Gasteiger partial charge in [-0.1, -0.05) is 42.5 Å². The normalized spacial score (nSPS) is 11.7. The Morgan fingerprint density at radius 1 is 0.920 bits per heavy atom. The molecule has 1 aromatic heterocycles. The van der Waals surface area contributed by atoms with E-state index in [0.717, 1.165) is 16.7 Å². The van der Waals surface area contributed by atoms with Crippen LogP contribution in [0.5, 0.6) is 0 Å². The molecule has 1 N–H and O–H groups in total. The molecule has 25 heavy (non-hydrogen) atoms. The third-order valence-corrected chi connectivity index (χ3v) is 4.09. The zero-order valence-electron chi connectivity index (χ0n) is 13.7. The fraction of sp³-hybridized carbons (Fsp3) is 0.143. The summed E-state index contributed by atoms with van der Waals surface area (Å²) >= 11 is 0. The van der Waals surface area contributed by atoms with Gasteiger partial charge in [-0.2, -0.15) is 0 Å². The highest BCUT2D eigenvalue weighted by Gasteiger charge is 2.20. The minimum atomic E-state index is -0.288. The van der Waals surface area contributed by atoms with Crippen molar-refractivity contribution in [1.29, 1.82) is 0 Å². The van der Waals surface area contributed by atoms with Gasteiger partial charge in [0.05, 0.1) is 5.92 Å². The second kappa shape index (κ2) is 8.20. The third kappa shape index (κ3) is 4.73. The van der Waals surface area contributed by atoms with Crippen LogP contribution >= 0.6 is 0 Å². The minimum Gasteiger partial charge on any atom is -0.351 e. The van der Waals surface area contributed by atoms with Crippen LogP contribution in [0.1, 0.15) is 22.6 Å². The van der Waals surface area contributed by atoms with Gasteiger partial charge in [-0.25, -0.2) is 4.39 Å². The Morgan fingerprint density at radius 3 is 2.28 bits per heavy atom. The van der Waals surface area contributed by atoms with E-state index in [0.29, 0.717) is 13.0 Å². The summed E-state index contributed by atoms with van der Waals surface area (Å²) < 4.78 is 13.0. The average Bonchev–Trinajstić information content (AvgIpc) is 2.67. The molecule has 0 aliphatic rings. The maximum Gasteiger partial charge on any atom is 0.228 e. The molecule has 0 fully saturated rings. The molecule has 0 aliphatic carbocycles. The number of carbonyl (C=O) groups excluding carboxylic acids is 1. The number of hydrogen-bond donors (Lipinski definition) is 1. The molecule has 3 aromatic rings. The molecule has 0 saturated heterocycles. The molecule has 0 saturated carbocycles. The number of amides is 1. The molecule has 3 nitrogen and oxygen atoms in total. The Bertz CT molecular complexity index is 804. The van der Waals surface area contributed by atoms with Crippen molar-refractivity contribution >= 4 is 5.91 Å². The zero-order valence-corrected chi connectivity index (χ0v) is 13.7. The number of aromatic nitrogens is 1. The van der Waals surface area contributed by atoms with Gasteiger partial charge in [0.25, 0.3) is 0 Å². The minimum absolute atomic E-state index is 0.0488.